The van der Waals surface area contributed by atoms with Crippen molar-refractivity contribution in [3.63, 3.8) is 0 Å². The summed E-state index contributed by atoms with van der Waals surface area (Å²) in [5, 5.41) is 4.77. The first kappa shape index (κ1) is 15.2. The summed E-state index contributed by atoms with van der Waals surface area (Å²) in [6.07, 6.45) is 2.11. The molecule has 3 unspecified atom stereocenters. The predicted molar refractivity (Wildman–Crippen MR) is 81.8 cm³/mol. The monoisotopic (exact) mass is 321 g/mol. The van der Waals surface area contributed by atoms with Crippen molar-refractivity contribution in [1.82, 2.24) is 5.32 Å². The summed E-state index contributed by atoms with van der Waals surface area (Å²) >= 11 is 18.2. The number of halogens is 3. The van der Waals surface area contributed by atoms with Crippen LogP contribution >= 0.6 is 34.8 Å². The Hall–Kier alpha value is -0.150. The number of nitrogens with one attached hydrogen (secondary N) is 1. The third kappa shape index (κ3) is 2.69. The molecule has 2 rings (SSSR count). The summed E-state index contributed by atoms with van der Waals surface area (Å²) < 4.78 is 6.04. The Bertz CT molecular complexity index is 457. The van der Waals surface area contributed by atoms with E-state index in [1.54, 1.807) is 12.1 Å². The lowest BCUT2D eigenvalue weighted by molar-refractivity contribution is -0.0676. The van der Waals surface area contributed by atoms with Crippen LogP contribution in [0.2, 0.25) is 15.1 Å². The summed E-state index contributed by atoms with van der Waals surface area (Å²) in [6, 6.07) is 3.77. The van der Waals surface area contributed by atoms with Crippen LogP contribution in [-0.2, 0) is 0 Å². The van der Waals surface area contributed by atoms with E-state index in [-0.39, 0.29) is 11.5 Å². The van der Waals surface area contributed by atoms with E-state index in [1.807, 2.05) is 7.05 Å². The van der Waals surface area contributed by atoms with Crippen LogP contribution in [0.25, 0.3) is 0 Å². The maximum absolute atomic E-state index is 6.16. The summed E-state index contributed by atoms with van der Waals surface area (Å²) in [7, 11) is 1.98. The second kappa shape index (κ2) is 5.69. The molecule has 0 aromatic heterocycles. The second-order valence-electron chi connectivity index (χ2n) is 5.24. The minimum atomic E-state index is 0.0983. The molecule has 1 aliphatic rings. The van der Waals surface area contributed by atoms with Crippen molar-refractivity contribution in [3.8, 4) is 5.75 Å². The van der Waals surface area contributed by atoms with Crippen molar-refractivity contribution in [2.75, 3.05) is 7.05 Å². The van der Waals surface area contributed by atoms with Gasteiger partial charge in [0, 0.05) is 22.9 Å². The molecule has 1 N–H and O–H groups in total. The quantitative estimate of drug-likeness (QED) is 0.859. The van der Waals surface area contributed by atoms with Gasteiger partial charge < -0.3 is 10.1 Å². The number of hydrogen-bond acceptors (Lipinski definition) is 2. The van der Waals surface area contributed by atoms with Crippen molar-refractivity contribution in [1.29, 1.82) is 0 Å². The van der Waals surface area contributed by atoms with E-state index in [2.05, 4.69) is 19.2 Å². The predicted octanol–water partition coefficient (Wildman–Crippen LogP) is 4.80. The summed E-state index contributed by atoms with van der Waals surface area (Å²) in [4.78, 5) is 0. The second-order valence-corrected chi connectivity index (χ2v) is 6.49. The minimum absolute atomic E-state index is 0.0983. The normalized spacial score (nSPS) is 30.0. The van der Waals surface area contributed by atoms with E-state index in [4.69, 9.17) is 39.5 Å². The molecule has 3 atom stereocenters. The van der Waals surface area contributed by atoms with Gasteiger partial charge in [0.05, 0.1) is 10.0 Å². The topological polar surface area (TPSA) is 21.3 Å². The Kier molecular flexibility index (Phi) is 4.56. The van der Waals surface area contributed by atoms with Crippen LogP contribution in [0.4, 0.5) is 0 Å². The first-order chi connectivity index (χ1) is 8.92. The summed E-state index contributed by atoms with van der Waals surface area (Å²) in [5.41, 5.74) is 0.0983. The standard InChI is InChI=1S/C14H18Cl3NO/c1-4-14(2)11(18-3)7-12(14)19-13-9(16)5-8(15)6-10(13)17/h5-6,11-12,18H,4,7H2,1-3H3. The van der Waals surface area contributed by atoms with Crippen LogP contribution in [-0.4, -0.2) is 19.2 Å². The molecule has 0 bridgehead atoms. The van der Waals surface area contributed by atoms with E-state index in [0.717, 1.165) is 12.8 Å². The Balaban J connectivity index is 2.19. The van der Waals surface area contributed by atoms with Crippen LogP contribution in [0.3, 0.4) is 0 Å². The minimum Gasteiger partial charge on any atom is -0.487 e. The number of rotatable bonds is 4. The molecule has 1 aromatic carbocycles. The van der Waals surface area contributed by atoms with Gasteiger partial charge in [-0.25, -0.2) is 0 Å². The van der Waals surface area contributed by atoms with Gasteiger partial charge in [-0.3, -0.25) is 0 Å². The highest BCUT2D eigenvalue weighted by Crippen LogP contribution is 2.48. The third-order valence-electron chi connectivity index (χ3n) is 4.31. The van der Waals surface area contributed by atoms with Crippen molar-refractivity contribution >= 4 is 34.8 Å². The highest BCUT2D eigenvalue weighted by atomic mass is 35.5. The molecule has 1 saturated carbocycles. The van der Waals surface area contributed by atoms with Gasteiger partial charge in [-0.2, -0.15) is 0 Å². The largest absolute Gasteiger partial charge is 0.487 e. The average molecular weight is 323 g/mol. The number of benzene rings is 1. The molecule has 0 aliphatic heterocycles. The molecule has 1 aromatic rings. The number of hydrogen-bond donors (Lipinski definition) is 1. The highest BCUT2D eigenvalue weighted by molar-refractivity contribution is 6.40. The molecular weight excluding hydrogens is 305 g/mol. The van der Waals surface area contributed by atoms with Crippen molar-refractivity contribution in [3.05, 3.63) is 27.2 Å². The molecule has 5 heteroatoms. The van der Waals surface area contributed by atoms with E-state index >= 15 is 0 Å². The maximum Gasteiger partial charge on any atom is 0.157 e. The molecule has 0 spiro atoms. The zero-order valence-electron chi connectivity index (χ0n) is 11.3. The van der Waals surface area contributed by atoms with Gasteiger partial charge in [0.15, 0.2) is 5.75 Å². The molecule has 106 valence electrons. The Labute approximate surface area is 129 Å². The molecule has 1 aliphatic carbocycles. The van der Waals surface area contributed by atoms with Crippen LogP contribution in [0.15, 0.2) is 12.1 Å². The molecule has 0 amide bonds. The molecule has 1 fully saturated rings. The van der Waals surface area contributed by atoms with E-state index in [9.17, 15) is 0 Å². The lowest BCUT2D eigenvalue weighted by Crippen LogP contribution is -2.62. The van der Waals surface area contributed by atoms with Gasteiger partial charge in [0.1, 0.15) is 6.10 Å². The first-order valence-electron chi connectivity index (χ1n) is 6.40. The lowest BCUT2D eigenvalue weighted by atomic mass is 9.61. The van der Waals surface area contributed by atoms with Gasteiger partial charge >= 0.3 is 0 Å². The van der Waals surface area contributed by atoms with Crippen molar-refractivity contribution in [2.45, 2.75) is 38.8 Å². The zero-order chi connectivity index (χ0) is 14.2. The van der Waals surface area contributed by atoms with Crippen molar-refractivity contribution in [2.24, 2.45) is 5.41 Å². The SMILES string of the molecule is CCC1(C)C(NC)CC1Oc1c(Cl)cc(Cl)cc1Cl. The van der Waals surface area contributed by atoms with E-state index < -0.39 is 0 Å². The van der Waals surface area contributed by atoms with Crippen LogP contribution in [0.5, 0.6) is 5.75 Å². The molecular formula is C14H18Cl3NO. The summed E-state index contributed by atoms with van der Waals surface area (Å²) in [6.45, 7) is 4.39. The Morgan fingerprint density at radius 1 is 1.32 bits per heavy atom. The fourth-order valence-corrected chi connectivity index (χ4v) is 3.61. The molecule has 0 saturated heterocycles. The Morgan fingerprint density at radius 2 is 1.89 bits per heavy atom. The van der Waals surface area contributed by atoms with Gasteiger partial charge in [0.25, 0.3) is 0 Å². The van der Waals surface area contributed by atoms with Gasteiger partial charge in [0.2, 0.25) is 0 Å². The maximum atomic E-state index is 6.16. The van der Waals surface area contributed by atoms with E-state index in [1.165, 1.54) is 0 Å². The average Bonchev–Trinajstić information content (AvgIpc) is 2.35. The van der Waals surface area contributed by atoms with Gasteiger partial charge in [-0.05, 0) is 25.6 Å². The third-order valence-corrected chi connectivity index (χ3v) is 5.09. The van der Waals surface area contributed by atoms with Crippen LogP contribution in [0, 0.1) is 5.41 Å². The van der Waals surface area contributed by atoms with E-state index in [0.29, 0.717) is 26.9 Å². The van der Waals surface area contributed by atoms with Crippen molar-refractivity contribution < 1.29 is 4.74 Å². The molecule has 19 heavy (non-hydrogen) atoms. The van der Waals surface area contributed by atoms with Crippen LogP contribution < -0.4 is 10.1 Å². The van der Waals surface area contributed by atoms with Gasteiger partial charge in [-0.1, -0.05) is 48.7 Å². The zero-order valence-corrected chi connectivity index (χ0v) is 13.5. The highest BCUT2D eigenvalue weighted by Gasteiger charge is 2.51. The molecule has 0 radical (unpaired) electrons. The van der Waals surface area contributed by atoms with Gasteiger partial charge in [-0.15, -0.1) is 0 Å². The fraction of sp³-hybridized carbons (Fsp3) is 0.571. The number of ether oxygens (including phenoxy) is 1. The Morgan fingerprint density at radius 3 is 2.37 bits per heavy atom. The molecule has 0 heterocycles. The molecule has 2 nitrogen and oxygen atoms in total. The first-order valence-corrected chi connectivity index (χ1v) is 7.54. The smallest absolute Gasteiger partial charge is 0.157 e. The lowest BCUT2D eigenvalue weighted by Gasteiger charge is -2.53. The summed E-state index contributed by atoms with van der Waals surface area (Å²) in [5.74, 6) is 0.534. The fourth-order valence-electron chi connectivity index (χ4n) is 2.70. The van der Waals surface area contributed by atoms with Crippen LogP contribution in [0.1, 0.15) is 26.7 Å².